The molecule has 1 saturated heterocycles. The molecule has 120 valence electrons. The summed E-state index contributed by atoms with van der Waals surface area (Å²) in [5.41, 5.74) is -0.935. The molecular weight excluding hydrogens is 298 g/mol. The third kappa shape index (κ3) is 2.40. The minimum absolute atomic E-state index is 0.119. The van der Waals surface area contributed by atoms with Gasteiger partial charge in [0.15, 0.2) is 0 Å². The number of H-pyrrole nitrogens is 1. The number of allylic oxidation sites excluding steroid dienone is 2. The summed E-state index contributed by atoms with van der Waals surface area (Å²) in [4.78, 5) is 1.58. The summed E-state index contributed by atoms with van der Waals surface area (Å²) in [5.74, 6) is 0.731. The molecule has 10 nitrogen and oxygen atoms in total. The van der Waals surface area contributed by atoms with Gasteiger partial charge < -0.3 is 5.11 Å². The maximum Gasteiger partial charge on any atom is 0.245 e. The molecule has 2 N–H and O–H groups in total. The Balaban J connectivity index is 1.71. The minimum Gasteiger partial charge on any atom is -0.383 e. The Labute approximate surface area is 131 Å². The SMILES string of the molecule is OC1(C2CCCCN2n2nnnc2-c2nn[nH]n2)C=CC=CC1. The third-order valence-electron chi connectivity index (χ3n) is 4.37. The number of aliphatic hydroxyl groups is 1. The molecule has 0 radical (unpaired) electrons. The van der Waals surface area contributed by atoms with Gasteiger partial charge in [0.1, 0.15) is 5.60 Å². The van der Waals surface area contributed by atoms with Crippen LogP contribution in [0.5, 0.6) is 0 Å². The van der Waals surface area contributed by atoms with Crippen LogP contribution in [0.3, 0.4) is 0 Å². The number of tetrazole rings is 2. The zero-order chi connectivity index (χ0) is 15.7. The van der Waals surface area contributed by atoms with E-state index in [0.29, 0.717) is 18.1 Å². The van der Waals surface area contributed by atoms with Gasteiger partial charge in [0, 0.05) is 13.0 Å². The van der Waals surface area contributed by atoms with Crippen LogP contribution < -0.4 is 5.01 Å². The highest BCUT2D eigenvalue weighted by Gasteiger charge is 2.41. The van der Waals surface area contributed by atoms with Crippen molar-refractivity contribution in [3.63, 3.8) is 0 Å². The fourth-order valence-electron chi connectivity index (χ4n) is 3.27. The number of nitrogens with one attached hydrogen (secondary N) is 1. The number of aromatic amines is 1. The Bertz CT molecular complexity index is 722. The second-order valence-corrected chi connectivity index (χ2v) is 5.78. The van der Waals surface area contributed by atoms with E-state index in [0.717, 1.165) is 25.8 Å². The Kier molecular flexibility index (Phi) is 3.37. The quantitative estimate of drug-likeness (QED) is 0.784. The maximum atomic E-state index is 11.1. The van der Waals surface area contributed by atoms with E-state index < -0.39 is 5.60 Å². The van der Waals surface area contributed by atoms with Crippen molar-refractivity contribution >= 4 is 0 Å². The minimum atomic E-state index is -0.935. The molecule has 10 heteroatoms. The predicted octanol–water partition coefficient (Wildman–Crippen LogP) is -0.409. The van der Waals surface area contributed by atoms with Gasteiger partial charge in [-0.15, -0.1) is 20.1 Å². The second kappa shape index (κ2) is 5.54. The molecule has 2 aromatic rings. The summed E-state index contributed by atoms with van der Waals surface area (Å²) in [6.07, 6.45) is 11.2. The van der Waals surface area contributed by atoms with Crippen LogP contribution >= 0.6 is 0 Å². The molecule has 0 spiro atoms. The Morgan fingerprint density at radius 2 is 2.22 bits per heavy atom. The van der Waals surface area contributed by atoms with Gasteiger partial charge in [0.25, 0.3) is 0 Å². The van der Waals surface area contributed by atoms with E-state index in [1.54, 1.807) is 4.79 Å². The maximum absolute atomic E-state index is 11.1. The molecule has 2 aliphatic rings. The van der Waals surface area contributed by atoms with Crippen molar-refractivity contribution in [1.29, 1.82) is 0 Å². The van der Waals surface area contributed by atoms with Crippen molar-refractivity contribution in [2.45, 2.75) is 37.3 Å². The van der Waals surface area contributed by atoms with Gasteiger partial charge in [0.05, 0.1) is 6.04 Å². The number of hydrogen-bond acceptors (Lipinski definition) is 8. The van der Waals surface area contributed by atoms with E-state index in [9.17, 15) is 5.11 Å². The predicted molar refractivity (Wildman–Crippen MR) is 79.6 cm³/mol. The monoisotopic (exact) mass is 315 g/mol. The fourth-order valence-corrected chi connectivity index (χ4v) is 3.27. The van der Waals surface area contributed by atoms with Crippen molar-refractivity contribution in [2.75, 3.05) is 11.6 Å². The number of aromatic nitrogens is 8. The average Bonchev–Trinajstić information content (AvgIpc) is 3.26. The molecule has 4 rings (SSSR count). The lowest BCUT2D eigenvalue weighted by Crippen LogP contribution is -2.59. The first-order chi connectivity index (χ1) is 11.3. The normalized spacial score (nSPS) is 27.5. The highest BCUT2D eigenvalue weighted by molar-refractivity contribution is 5.40. The third-order valence-corrected chi connectivity index (χ3v) is 4.37. The Morgan fingerprint density at radius 1 is 1.26 bits per heavy atom. The molecule has 0 saturated carbocycles. The summed E-state index contributed by atoms with van der Waals surface area (Å²) >= 11 is 0. The zero-order valence-electron chi connectivity index (χ0n) is 12.4. The largest absolute Gasteiger partial charge is 0.383 e. The standard InChI is InChI=1S/C13H17N9O/c23-13(7-3-1-4-8-13)10-6-2-5-9-21(10)22-12(16-19-20-22)11-14-17-18-15-11/h1,3-4,7,10,23H,2,5-6,8-9H2,(H,14,15,17,18). The molecule has 2 atom stereocenters. The van der Waals surface area contributed by atoms with Gasteiger partial charge in [-0.2, -0.15) is 5.21 Å². The van der Waals surface area contributed by atoms with Gasteiger partial charge >= 0.3 is 0 Å². The number of hydrogen-bond donors (Lipinski definition) is 2. The van der Waals surface area contributed by atoms with Crippen LogP contribution in [0, 0.1) is 0 Å². The molecular formula is C13H17N9O. The zero-order valence-corrected chi connectivity index (χ0v) is 12.4. The van der Waals surface area contributed by atoms with Crippen LogP contribution in [-0.4, -0.2) is 64.2 Å². The van der Waals surface area contributed by atoms with Crippen LogP contribution in [0.25, 0.3) is 11.6 Å². The van der Waals surface area contributed by atoms with Crippen LogP contribution in [0.15, 0.2) is 24.3 Å². The summed E-state index contributed by atoms with van der Waals surface area (Å²) in [6, 6.07) is -0.119. The molecule has 2 aromatic heterocycles. The second-order valence-electron chi connectivity index (χ2n) is 5.78. The van der Waals surface area contributed by atoms with Gasteiger partial charge in [-0.05, 0) is 34.9 Å². The molecule has 0 amide bonds. The van der Waals surface area contributed by atoms with Gasteiger partial charge in [-0.25, -0.2) is 0 Å². The highest BCUT2D eigenvalue weighted by Crippen LogP contribution is 2.31. The van der Waals surface area contributed by atoms with Gasteiger partial charge in [-0.1, -0.05) is 24.3 Å². The molecule has 3 heterocycles. The molecule has 1 fully saturated rings. The molecule has 1 aliphatic carbocycles. The van der Waals surface area contributed by atoms with E-state index in [1.807, 2.05) is 29.3 Å². The van der Waals surface area contributed by atoms with E-state index in [4.69, 9.17) is 0 Å². The lowest BCUT2D eigenvalue weighted by atomic mass is 9.82. The summed E-state index contributed by atoms with van der Waals surface area (Å²) in [5, 5.41) is 38.7. The van der Waals surface area contributed by atoms with Gasteiger partial charge in [0.2, 0.25) is 11.6 Å². The lowest BCUT2D eigenvalue weighted by molar-refractivity contribution is 0.0407. The summed E-state index contributed by atoms with van der Waals surface area (Å²) < 4.78 is 0. The Morgan fingerprint density at radius 3 is 3.00 bits per heavy atom. The number of rotatable bonds is 3. The number of piperidine rings is 1. The summed E-state index contributed by atoms with van der Waals surface area (Å²) in [7, 11) is 0. The number of nitrogens with zero attached hydrogens (tertiary/aromatic N) is 8. The van der Waals surface area contributed by atoms with Crippen LogP contribution in [0.2, 0.25) is 0 Å². The van der Waals surface area contributed by atoms with Crippen LogP contribution in [-0.2, 0) is 0 Å². The topological polar surface area (TPSA) is 122 Å². The van der Waals surface area contributed by atoms with Crippen molar-refractivity contribution < 1.29 is 5.11 Å². The first-order valence-corrected chi connectivity index (χ1v) is 7.64. The van der Waals surface area contributed by atoms with Crippen LogP contribution in [0.4, 0.5) is 0 Å². The lowest BCUT2D eigenvalue weighted by Gasteiger charge is -2.44. The van der Waals surface area contributed by atoms with E-state index in [2.05, 4.69) is 36.1 Å². The molecule has 0 aromatic carbocycles. The van der Waals surface area contributed by atoms with Gasteiger partial charge in [-0.3, -0.25) is 5.01 Å². The van der Waals surface area contributed by atoms with Crippen molar-refractivity contribution in [3.05, 3.63) is 24.3 Å². The smallest absolute Gasteiger partial charge is 0.245 e. The van der Waals surface area contributed by atoms with Crippen LogP contribution in [0.1, 0.15) is 25.7 Å². The van der Waals surface area contributed by atoms with E-state index in [1.165, 1.54) is 0 Å². The highest BCUT2D eigenvalue weighted by atomic mass is 16.3. The van der Waals surface area contributed by atoms with Crippen molar-refractivity contribution in [1.82, 2.24) is 40.9 Å². The Hall–Kier alpha value is -2.62. The van der Waals surface area contributed by atoms with E-state index >= 15 is 0 Å². The van der Waals surface area contributed by atoms with E-state index in [-0.39, 0.29) is 6.04 Å². The molecule has 0 bridgehead atoms. The molecule has 23 heavy (non-hydrogen) atoms. The van der Waals surface area contributed by atoms with Crippen molar-refractivity contribution in [2.24, 2.45) is 0 Å². The molecule has 2 unspecified atom stereocenters. The summed E-state index contributed by atoms with van der Waals surface area (Å²) in [6.45, 7) is 0.750. The first-order valence-electron chi connectivity index (χ1n) is 7.64. The van der Waals surface area contributed by atoms with Crippen molar-refractivity contribution in [3.8, 4) is 11.6 Å². The fraction of sp³-hybridized carbons (Fsp3) is 0.538. The first kappa shape index (κ1) is 14.0. The average molecular weight is 315 g/mol. The molecule has 1 aliphatic heterocycles.